The van der Waals surface area contributed by atoms with Gasteiger partial charge in [-0.25, -0.2) is 8.78 Å². The standard InChI is InChI=1S/C32H26F2NO.C14H16GeN.Ir/c33-28-11-9-22(17-29(28)34)23-8-10-25-26-2-1-3-27(32(26)36-31(25)18-23)30-16-20(12-13-35-30)15-24-14-19-4-6-21(24)7-5-19;1-15(2,3)13-9-10-14(16-11-13)12-7-5-4-6-8-12;/h1-2,8-13,16-19,21,24H,4-7,14-15H2;4-7,9-11H,1-3H3;/q2*-1;. The first kappa shape index (κ1) is 37.4. The van der Waals surface area contributed by atoms with E-state index in [1.807, 2.05) is 67.0 Å². The number of halogens is 2. The molecule has 0 aliphatic heterocycles. The second-order valence-electron chi connectivity index (χ2n) is 15.5. The van der Waals surface area contributed by atoms with Gasteiger partial charge in [-0.15, -0.1) is 18.2 Å². The van der Waals surface area contributed by atoms with Gasteiger partial charge in [0.15, 0.2) is 11.6 Å². The van der Waals surface area contributed by atoms with Crippen molar-refractivity contribution >= 4 is 39.6 Å². The summed E-state index contributed by atoms with van der Waals surface area (Å²) in [5, 5.41) is 1.97. The number of hydrogen-bond donors (Lipinski definition) is 0. The van der Waals surface area contributed by atoms with Gasteiger partial charge in [0.1, 0.15) is 5.58 Å². The maximum atomic E-state index is 13.8. The molecule has 3 fully saturated rings. The molecule has 3 saturated carbocycles. The summed E-state index contributed by atoms with van der Waals surface area (Å²) < 4.78 is 35.0. The van der Waals surface area contributed by atoms with Gasteiger partial charge in [-0.1, -0.05) is 53.6 Å². The third kappa shape index (κ3) is 8.11. The number of nitrogens with zero attached hydrogens (tertiary/aromatic N) is 2. The fourth-order valence-electron chi connectivity index (χ4n) is 8.14. The Kier molecular flexibility index (Phi) is 11.1. The van der Waals surface area contributed by atoms with Crippen molar-refractivity contribution in [1.82, 2.24) is 9.97 Å². The van der Waals surface area contributed by atoms with Gasteiger partial charge in [0.05, 0.1) is 5.58 Å². The molecule has 3 aliphatic rings. The molecule has 10 rings (SSSR count). The molecule has 7 aromatic rings. The van der Waals surface area contributed by atoms with E-state index in [2.05, 4.69) is 63.6 Å². The van der Waals surface area contributed by atoms with Gasteiger partial charge < -0.3 is 9.40 Å². The van der Waals surface area contributed by atoms with Crippen LogP contribution < -0.4 is 4.40 Å². The molecule has 2 bridgehead atoms. The summed E-state index contributed by atoms with van der Waals surface area (Å²) in [7, 11) is 0. The largest absolute Gasteiger partial charge is 0 e. The van der Waals surface area contributed by atoms with Gasteiger partial charge >= 0.3 is 99.8 Å². The van der Waals surface area contributed by atoms with Crippen LogP contribution in [0.1, 0.15) is 37.7 Å². The smallest absolute Gasteiger partial charge is 0 e. The van der Waals surface area contributed by atoms with E-state index in [4.69, 9.17) is 4.42 Å². The maximum Gasteiger partial charge on any atom is 0 e. The van der Waals surface area contributed by atoms with Crippen LogP contribution in [0.2, 0.25) is 17.3 Å². The van der Waals surface area contributed by atoms with Crippen LogP contribution in [0.5, 0.6) is 0 Å². The Balaban J connectivity index is 0.000000216. The molecule has 3 nitrogen and oxygen atoms in total. The fraction of sp³-hybridized carbons (Fsp3) is 0.261. The predicted molar refractivity (Wildman–Crippen MR) is 210 cm³/mol. The number of rotatable bonds is 6. The molecular weight excluding hydrogens is 899 g/mol. The topological polar surface area (TPSA) is 38.9 Å². The molecule has 53 heavy (non-hydrogen) atoms. The third-order valence-electron chi connectivity index (χ3n) is 11.1. The van der Waals surface area contributed by atoms with Crippen molar-refractivity contribution in [3.05, 3.63) is 139 Å². The SMILES string of the molecule is Fc1ccc(-c2ccc3c(c2)oc2c(-c4cc(CC5CC6CCC5CC6)ccn4)[c-]ccc23)cc1F.[CH3][Ge]([CH3])([CH3])[c]1ccc(-c2[c-]cccc2)nc1.[Ir]. The minimum Gasteiger partial charge on any atom is 0 e. The Morgan fingerprint density at radius 3 is 2.26 bits per heavy atom. The molecule has 271 valence electrons. The first-order valence-electron chi connectivity index (χ1n) is 18.4. The second-order valence-corrected chi connectivity index (χ2v) is 26.2. The summed E-state index contributed by atoms with van der Waals surface area (Å²) in [5.74, 6) is 8.02. The zero-order valence-corrected chi connectivity index (χ0v) is 34.8. The van der Waals surface area contributed by atoms with Crippen LogP contribution in [-0.2, 0) is 26.5 Å². The van der Waals surface area contributed by atoms with E-state index >= 15 is 0 Å². The minimum absolute atomic E-state index is 0. The Hall–Kier alpha value is -3.97. The molecule has 1 unspecified atom stereocenters. The number of benzene rings is 4. The molecule has 0 amide bonds. The van der Waals surface area contributed by atoms with Gasteiger partial charge in [0.2, 0.25) is 0 Å². The van der Waals surface area contributed by atoms with E-state index in [-0.39, 0.29) is 20.1 Å². The van der Waals surface area contributed by atoms with E-state index in [1.54, 1.807) is 6.07 Å². The van der Waals surface area contributed by atoms with Crippen LogP contribution in [0.4, 0.5) is 8.78 Å². The van der Waals surface area contributed by atoms with Crippen LogP contribution in [-0.4, -0.2) is 23.2 Å². The third-order valence-corrected chi connectivity index (χ3v) is 15.3. The van der Waals surface area contributed by atoms with Gasteiger partial charge in [-0.2, -0.15) is 0 Å². The Morgan fingerprint density at radius 2 is 1.57 bits per heavy atom. The quantitative estimate of drug-likeness (QED) is 0.123. The molecule has 4 aromatic carbocycles. The molecule has 0 saturated heterocycles. The van der Waals surface area contributed by atoms with Gasteiger partial charge in [-0.05, 0) is 84.5 Å². The first-order valence-corrected chi connectivity index (χ1v) is 25.8. The average Bonchev–Trinajstić information content (AvgIpc) is 3.55. The summed E-state index contributed by atoms with van der Waals surface area (Å²) in [6.45, 7) is 0. The van der Waals surface area contributed by atoms with Crippen molar-refractivity contribution in [1.29, 1.82) is 0 Å². The van der Waals surface area contributed by atoms with Crippen molar-refractivity contribution in [2.75, 3.05) is 0 Å². The maximum absolute atomic E-state index is 13.8. The van der Waals surface area contributed by atoms with Crippen molar-refractivity contribution < 1.29 is 33.3 Å². The van der Waals surface area contributed by atoms with E-state index in [9.17, 15) is 8.78 Å². The van der Waals surface area contributed by atoms with Crippen molar-refractivity contribution in [3.63, 3.8) is 0 Å². The zero-order chi connectivity index (χ0) is 35.8. The monoisotopic (exact) mass is 943 g/mol. The molecule has 7 heteroatoms. The summed E-state index contributed by atoms with van der Waals surface area (Å²) in [5.41, 5.74) is 7.95. The first-order chi connectivity index (χ1) is 25.2. The summed E-state index contributed by atoms with van der Waals surface area (Å²) in [6.07, 6.45) is 12.1. The summed E-state index contributed by atoms with van der Waals surface area (Å²) in [4.78, 5) is 9.22. The van der Waals surface area contributed by atoms with Crippen molar-refractivity contribution in [2.24, 2.45) is 17.8 Å². The predicted octanol–water partition coefficient (Wildman–Crippen LogP) is 11.9. The van der Waals surface area contributed by atoms with E-state index in [0.29, 0.717) is 11.1 Å². The van der Waals surface area contributed by atoms with Crippen molar-refractivity contribution in [3.8, 4) is 33.6 Å². The number of pyridine rings is 2. The average molecular weight is 942 g/mol. The van der Waals surface area contributed by atoms with Crippen LogP contribution in [0.3, 0.4) is 0 Å². The minimum atomic E-state index is -1.72. The van der Waals surface area contributed by atoms with Gasteiger partial charge in [0, 0.05) is 31.7 Å². The summed E-state index contributed by atoms with van der Waals surface area (Å²) >= 11 is -1.72. The van der Waals surface area contributed by atoms with E-state index < -0.39 is 24.9 Å². The normalized spacial score (nSPS) is 18.0. The molecular formula is C46H42F2GeIrN2O-2. The molecule has 3 heterocycles. The molecule has 3 aliphatic carbocycles. The number of fused-ring (bicyclic) bond motifs is 6. The van der Waals surface area contributed by atoms with E-state index in [1.165, 1.54) is 48.1 Å². The fourth-order valence-corrected chi connectivity index (χ4v) is 10.3. The Morgan fingerprint density at radius 1 is 0.755 bits per heavy atom. The second kappa shape index (κ2) is 15.8. The van der Waals surface area contributed by atoms with Gasteiger partial charge in [-0.3, -0.25) is 0 Å². The number of furan rings is 1. The molecule has 0 N–H and O–H groups in total. The molecule has 0 spiro atoms. The Bertz CT molecular complexity index is 2350. The molecule has 3 aromatic heterocycles. The number of hydrogen-bond acceptors (Lipinski definition) is 3. The van der Waals surface area contributed by atoms with Crippen LogP contribution in [0, 0.1) is 41.5 Å². The van der Waals surface area contributed by atoms with E-state index in [0.717, 1.165) is 74.7 Å². The van der Waals surface area contributed by atoms with Crippen LogP contribution >= 0.6 is 0 Å². The molecule has 1 radical (unpaired) electrons. The summed E-state index contributed by atoms with van der Waals surface area (Å²) in [6, 6.07) is 36.8. The molecule has 1 atom stereocenters. The van der Waals surface area contributed by atoms with Crippen molar-refractivity contribution in [2.45, 2.75) is 55.8 Å². The van der Waals surface area contributed by atoms with Crippen LogP contribution in [0.25, 0.3) is 55.6 Å². The Labute approximate surface area is 327 Å². The van der Waals surface area contributed by atoms with Gasteiger partial charge in [0.25, 0.3) is 0 Å². The number of aromatic nitrogens is 2. The van der Waals surface area contributed by atoms with Crippen LogP contribution in [0.15, 0.2) is 114 Å². The zero-order valence-electron chi connectivity index (χ0n) is 30.3.